The topological polar surface area (TPSA) is 38.5 Å². The average molecular weight is 250 g/mol. The summed E-state index contributed by atoms with van der Waals surface area (Å²) in [6.07, 6.45) is 0. The van der Waals surface area contributed by atoms with Crippen LogP contribution in [0.5, 0.6) is 5.75 Å². The van der Waals surface area contributed by atoms with Gasteiger partial charge in [0.15, 0.2) is 0 Å². The molecule has 0 bridgehead atoms. The summed E-state index contributed by atoms with van der Waals surface area (Å²) in [4.78, 5) is 2.17. The van der Waals surface area contributed by atoms with Crippen LogP contribution in [-0.2, 0) is 5.41 Å². The van der Waals surface area contributed by atoms with Gasteiger partial charge in [-0.2, -0.15) is 0 Å². The molecule has 0 saturated carbocycles. The van der Waals surface area contributed by atoms with Crippen molar-refractivity contribution in [3.8, 4) is 5.75 Å². The van der Waals surface area contributed by atoms with E-state index in [4.69, 9.17) is 10.5 Å². The first-order valence-electron chi connectivity index (χ1n) is 6.55. The number of likely N-dealkylation sites (N-methyl/N-ethyl adjacent to an activating group) is 1. The Morgan fingerprint density at radius 2 is 1.72 bits per heavy atom. The van der Waals surface area contributed by atoms with Gasteiger partial charge >= 0.3 is 0 Å². The molecular weight excluding hydrogens is 224 g/mol. The molecule has 0 unspecified atom stereocenters. The highest BCUT2D eigenvalue weighted by atomic mass is 16.5. The second kappa shape index (κ2) is 6.76. The van der Waals surface area contributed by atoms with Crippen molar-refractivity contribution >= 4 is 0 Å². The molecule has 0 saturated heterocycles. The van der Waals surface area contributed by atoms with Crippen LogP contribution in [0.15, 0.2) is 24.3 Å². The summed E-state index contributed by atoms with van der Waals surface area (Å²) >= 11 is 0. The molecule has 0 aliphatic heterocycles. The molecule has 0 radical (unpaired) electrons. The van der Waals surface area contributed by atoms with Gasteiger partial charge in [0, 0.05) is 19.6 Å². The van der Waals surface area contributed by atoms with Gasteiger partial charge in [-0.25, -0.2) is 0 Å². The van der Waals surface area contributed by atoms with Gasteiger partial charge in [0.2, 0.25) is 0 Å². The summed E-state index contributed by atoms with van der Waals surface area (Å²) in [5, 5.41) is 0. The number of hydrogen-bond acceptors (Lipinski definition) is 3. The summed E-state index contributed by atoms with van der Waals surface area (Å²) in [6.45, 7) is 9.84. The Balaban J connectivity index is 2.40. The van der Waals surface area contributed by atoms with Gasteiger partial charge in [0.05, 0.1) is 0 Å². The molecule has 0 heterocycles. The van der Waals surface area contributed by atoms with E-state index in [2.05, 4.69) is 44.9 Å². The van der Waals surface area contributed by atoms with Crippen molar-refractivity contribution in [2.24, 2.45) is 5.73 Å². The molecule has 0 fully saturated rings. The Morgan fingerprint density at radius 3 is 2.22 bits per heavy atom. The van der Waals surface area contributed by atoms with E-state index < -0.39 is 0 Å². The maximum absolute atomic E-state index is 5.71. The Bertz CT molecular complexity index is 341. The Morgan fingerprint density at radius 1 is 1.11 bits per heavy atom. The van der Waals surface area contributed by atoms with E-state index >= 15 is 0 Å². The minimum atomic E-state index is 0.194. The fourth-order valence-corrected chi connectivity index (χ4v) is 1.70. The van der Waals surface area contributed by atoms with E-state index in [0.29, 0.717) is 13.2 Å². The van der Waals surface area contributed by atoms with Gasteiger partial charge in [-0.05, 0) is 30.2 Å². The lowest BCUT2D eigenvalue weighted by atomic mass is 9.87. The first-order chi connectivity index (χ1) is 8.43. The molecule has 18 heavy (non-hydrogen) atoms. The zero-order valence-electron chi connectivity index (χ0n) is 12.1. The maximum atomic E-state index is 5.71. The summed E-state index contributed by atoms with van der Waals surface area (Å²) in [6, 6.07) is 8.37. The number of hydrogen-bond donors (Lipinski definition) is 1. The largest absolute Gasteiger partial charge is 0.492 e. The molecule has 0 atom stereocenters. The Hall–Kier alpha value is -1.06. The third-order valence-electron chi connectivity index (χ3n) is 2.97. The van der Waals surface area contributed by atoms with E-state index in [-0.39, 0.29) is 5.41 Å². The highest BCUT2D eigenvalue weighted by Gasteiger charge is 2.12. The van der Waals surface area contributed by atoms with Gasteiger partial charge in [0.1, 0.15) is 12.4 Å². The van der Waals surface area contributed by atoms with Crippen LogP contribution in [0.1, 0.15) is 26.3 Å². The van der Waals surface area contributed by atoms with E-state index in [9.17, 15) is 0 Å². The molecule has 0 amide bonds. The summed E-state index contributed by atoms with van der Waals surface area (Å²) < 4.78 is 5.71. The van der Waals surface area contributed by atoms with Gasteiger partial charge in [-0.1, -0.05) is 32.9 Å². The summed E-state index contributed by atoms with van der Waals surface area (Å²) in [5.41, 5.74) is 7.01. The van der Waals surface area contributed by atoms with Crippen molar-refractivity contribution in [2.75, 3.05) is 33.3 Å². The first-order valence-corrected chi connectivity index (χ1v) is 6.55. The van der Waals surface area contributed by atoms with Crippen molar-refractivity contribution in [2.45, 2.75) is 26.2 Å². The molecule has 1 aromatic rings. The lowest BCUT2D eigenvalue weighted by Gasteiger charge is -2.19. The standard InChI is InChI=1S/C15H26N2O/c1-15(2,3)13-5-7-14(8-6-13)18-12-11-17(4)10-9-16/h5-8H,9-12,16H2,1-4H3. The smallest absolute Gasteiger partial charge is 0.119 e. The number of nitrogens with zero attached hydrogens (tertiary/aromatic N) is 1. The van der Waals surface area contributed by atoms with Crippen LogP contribution in [-0.4, -0.2) is 38.2 Å². The van der Waals surface area contributed by atoms with Crippen molar-refractivity contribution in [3.05, 3.63) is 29.8 Å². The molecule has 102 valence electrons. The van der Waals surface area contributed by atoms with Crippen LogP contribution in [0.2, 0.25) is 0 Å². The van der Waals surface area contributed by atoms with Crippen molar-refractivity contribution in [3.63, 3.8) is 0 Å². The number of rotatable bonds is 6. The van der Waals surface area contributed by atoms with Gasteiger partial charge < -0.3 is 15.4 Å². The normalized spacial score (nSPS) is 11.9. The Labute approximate surface area is 111 Å². The third-order valence-corrected chi connectivity index (χ3v) is 2.97. The van der Waals surface area contributed by atoms with Gasteiger partial charge in [0.25, 0.3) is 0 Å². The molecule has 0 aliphatic carbocycles. The highest BCUT2D eigenvalue weighted by Crippen LogP contribution is 2.24. The van der Waals surface area contributed by atoms with Gasteiger partial charge in [-0.3, -0.25) is 0 Å². The van der Waals surface area contributed by atoms with Gasteiger partial charge in [-0.15, -0.1) is 0 Å². The van der Waals surface area contributed by atoms with Crippen LogP contribution in [0.4, 0.5) is 0 Å². The zero-order chi connectivity index (χ0) is 13.6. The van der Waals surface area contributed by atoms with E-state index in [1.807, 2.05) is 12.1 Å². The second-order valence-corrected chi connectivity index (χ2v) is 5.71. The second-order valence-electron chi connectivity index (χ2n) is 5.71. The molecule has 1 aromatic carbocycles. The molecule has 0 aliphatic rings. The van der Waals surface area contributed by atoms with Crippen LogP contribution in [0, 0.1) is 0 Å². The molecule has 2 N–H and O–H groups in total. The highest BCUT2D eigenvalue weighted by molar-refractivity contribution is 5.31. The number of benzene rings is 1. The van der Waals surface area contributed by atoms with Crippen LogP contribution in [0.25, 0.3) is 0 Å². The fraction of sp³-hybridized carbons (Fsp3) is 0.600. The monoisotopic (exact) mass is 250 g/mol. The SMILES string of the molecule is CN(CCN)CCOc1ccc(C(C)(C)C)cc1. The van der Waals surface area contributed by atoms with E-state index in [0.717, 1.165) is 18.8 Å². The number of ether oxygens (including phenoxy) is 1. The quantitative estimate of drug-likeness (QED) is 0.841. The lowest BCUT2D eigenvalue weighted by molar-refractivity contribution is 0.241. The molecular formula is C15H26N2O. The molecule has 0 aromatic heterocycles. The molecule has 0 spiro atoms. The minimum absolute atomic E-state index is 0.194. The predicted octanol–water partition coefficient (Wildman–Crippen LogP) is 2.25. The average Bonchev–Trinajstić information content (AvgIpc) is 2.29. The van der Waals surface area contributed by atoms with Crippen molar-refractivity contribution in [1.29, 1.82) is 0 Å². The minimum Gasteiger partial charge on any atom is -0.492 e. The summed E-state index contributed by atoms with van der Waals surface area (Å²) in [7, 11) is 2.05. The van der Waals surface area contributed by atoms with Crippen LogP contribution < -0.4 is 10.5 Å². The van der Waals surface area contributed by atoms with Crippen molar-refractivity contribution < 1.29 is 4.74 Å². The molecule has 3 nitrogen and oxygen atoms in total. The fourth-order valence-electron chi connectivity index (χ4n) is 1.70. The van der Waals surface area contributed by atoms with E-state index in [1.165, 1.54) is 5.56 Å². The third kappa shape index (κ3) is 5.07. The van der Waals surface area contributed by atoms with Crippen LogP contribution >= 0.6 is 0 Å². The predicted molar refractivity (Wildman–Crippen MR) is 77.2 cm³/mol. The molecule has 1 rings (SSSR count). The van der Waals surface area contributed by atoms with E-state index in [1.54, 1.807) is 0 Å². The van der Waals surface area contributed by atoms with Crippen LogP contribution in [0.3, 0.4) is 0 Å². The zero-order valence-corrected chi connectivity index (χ0v) is 12.1. The first kappa shape index (κ1) is 15.0. The summed E-state index contributed by atoms with van der Waals surface area (Å²) in [5.74, 6) is 0.934. The Kier molecular flexibility index (Phi) is 5.63. The van der Waals surface area contributed by atoms with Crippen molar-refractivity contribution in [1.82, 2.24) is 4.90 Å². The molecule has 3 heteroatoms. The number of nitrogens with two attached hydrogens (primary N) is 1. The lowest BCUT2D eigenvalue weighted by Crippen LogP contribution is -2.29. The maximum Gasteiger partial charge on any atom is 0.119 e.